The van der Waals surface area contributed by atoms with Crippen LogP contribution in [0.5, 0.6) is 5.75 Å². The number of likely N-dealkylation sites (N-methyl/N-ethyl adjacent to an activating group) is 1. The molecule has 0 spiro atoms. The Kier molecular flexibility index (Phi) is 8.13. The van der Waals surface area contributed by atoms with Crippen molar-refractivity contribution in [3.63, 3.8) is 0 Å². The minimum atomic E-state index is -0.215. The number of aliphatic imine (C=N–C) groups is 1. The van der Waals surface area contributed by atoms with Crippen molar-refractivity contribution in [2.24, 2.45) is 4.99 Å². The molecule has 130 valence electrons. The molecule has 1 atom stereocenters. The fraction of sp³-hybridized carbons (Fsp3) is 0.400. The summed E-state index contributed by atoms with van der Waals surface area (Å²) in [6.07, 6.45) is 4.21. The zero-order chi connectivity index (χ0) is 18.1. The van der Waals surface area contributed by atoms with E-state index in [0.717, 1.165) is 22.6 Å². The van der Waals surface area contributed by atoms with Gasteiger partial charge in [-0.15, -0.1) is 0 Å². The Hall–Kier alpha value is -2.20. The highest BCUT2D eigenvalue weighted by atomic mass is 16.5. The second-order valence-corrected chi connectivity index (χ2v) is 5.97. The first-order valence-electron chi connectivity index (χ1n) is 8.18. The predicted octanol–water partition coefficient (Wildman–Crippen LogP) is 3.92. The third-order valence-corrected chi connectivity index (χ3v) is 3.59. The number of rotatable bonds is 9. The minimum absolute atomic E-state index is 0.101. The smallest absolute Gasteiger partial charge is 0.147 e. The number of carbonyl (C=O) groups excluding carboxylic acids is 1. The van der Waals surface area contributed by atoms with Crippen LogP contribution in [0.1, 0.15) is 39.7 Å². The Morgan fingerprint density at radius 2 is 2.08 bits per heavy atom. The van der Waals surface area contributed by atoms with Gasteiger partial charge in [-0.2, -0.15) is 0 Å². The fourth-order valence-corrected chi connectivity index (χ4v) is 2.19. The SMILES string of the molecule is C=C/C(=C\N=C(/C)c1cccc(OC(C)C)c1)C[C@H](NC)C(C)=O. The van der Waals surface area contributed by atoms with Crippen LogP contribution in [0.25, 0.3) is 0 Å². The Morgan fingerprint density at radius 1 is 1.38 bits per heavy atom. The maximum Gasteiger partial charge on any atom is 0.147 e. The molecule has 0 saturated heterocycles. The van der Waals surface area contributed by atoms with Crippen molar-refractivity contribution in [3.8, 4) is 5.75 Å². The fourth-order valence-electron chi connectivity index (χ4n) is 2.19. The molecule has 0 aliphatic carbocycles. The van der Waals surface area contributed by atoms with Gasteiger partial charge in [-0.05, 0) is 64.4 Å². The Labute approximate surface area is 145 Å². The van der Waals surface area contributed by atoms with Crippen LogP contribution in [0.3, 0.4) is 0 Å². The zero-order valence-electron chi connectivity index (χ0n) is 15.3. The van der Waals surface area contributed by atoms with E-state index in [1.54, 1.807) is 26.2 Å². The number of carbonyl (C=O) groups is 1. The summed E-state index contributed by atoms with van der Waals surface area (Å²) in [5, 5.41) is 3.01. The Bertz CT molecular complexity index is 630. The van der Waals surface area contributed by atoms with Gasteiger partial charge >= 0.3 is 0 Å². The number of hydrogen-bond acceptors (Lipinski definition) is 4. The van der Waals surface area contributed by atoms with Crippen LogP contribution in [-0.2, 0) is 4.79 Å². The van der Waals surface area contributed by atoms with Crippen LogP contribution in [0.2, 0.25) is 0 Å². The van der Waals surface area contributed by atoms with Crippen LogP contribution < -0.4 is 10.1 Å². The number of benzene rings is 1. The average molecular weight is 328 g/mol. The molecule has 4 nitrogen and oxygen atoms in total. The standard InChI is InChI=1S/C20H28N2O2/c1-7-17(11-20(21-6)16(5)23)13-22-15(4)18-9-8-10-19(12-18)24-14(2)3/h7-10,12-14,20-21H,1,11H2,2-6H3/b17-13+,22-15+/t20-/m0/s1. The Balaban J connectivity index is 2.93. The number of ketones is 1. The number of allylic oxidation sites excluding steroid dienone is 1. The summed E-state index contributed by atoms with van der Waals surface area (Å²) in [4.78, 5) is 16.1. The zero-order valence-corrected chi connectivity index (χ0v) is 15.3. The quantitative estimate of drug-likeness (QED) is 0.552. The van der Waals surface area contributed by atoms with Gasteiger partial charge in [-0.1, -0.05) is 24.8 Å². The summed E-state index contributed by atoms with van der Waals surface area (Å²) in [5.74, 6) is 0.932. The van der Waals surface area contributed by atoms with Gasteiger partial charge in [0.1, 0.15) is 11.5 Å². The highest BCUT2D eigenvalue weighted by molar-refractivity contribution is 5.99. The molecule has 1 aromatic rings. The molecule has 0 radical (unpaired) electrons. The lowest BCUT2D eigenvalue weighted by atomic mass is 10.0. The molecule has 0 amide bonds. The van der Waals surface area contributed by atoms with Crippen molar-refractivity contribution in [3.05, 3.63) is 54.3 Å². The lowest BCUT2D eigenvalue weighted by molar-refractivity contribution is -0.118. The van der Waals surface area contributed by atoms with E-state index in [9.17, 15) is 4.79 Å². The van der Waals surface area contributed by atoms with E-state index >= 15 is 0 Å². The molecule has 0 fully saturated rings. The number of ether oxygens (including phenoxy) is 1. The Morgan fingerprint density at radius 3 is 2.62 bits per heavy atom. The summed E-state index contributed by atoms with van der Waals surface area (Å²) >= 11 is 0. The third-order valence-electron chi connectivity index (χ3n) is 3.59. The molecule has 0 saturated carbocycles. The van der Waals surface area contributed by atoms with Crippen molar-refractivity contribution in [2.75, 3.05) is 7.05 Å². The van der Waals surface area contributed by atoms with Crippen LogP contribution in [0.4, 0.5) is 0 Å². The first kappa shape index (κ1) is 19.8. The van der Waals surface area contributed by atoms with E-state index in [1.807, 2.05) is 45.0 Å². The number of nitrogens with one attached hydrogen (secondary N) is 1. The van der Waals surface area contributed by atoms with Gasteiger partial charge in [0.05, 0.1) is 12.1 Å². The molecular weight excluding hydrogens is 300 g/mol. The van der Waals surface area contributed by atoms with Gasteiger partial charge in [-0.3, -0.25) is 9.79 Å². The van der Waals surface area contributed by atoms with Crippen molar-refractivity contribution in [2.45, 2.75) is 46.3 Å². The molecule has 0 bridgehead atoms. The molecule has 24 heavy (non-hydrogen) atoms. The van der Waals surface area contributed by atoms with E-state index in [1.165, 1.54) is 0 Å². The van der Waals surface area contributed by atoms with Gasteiger partial charge in [0.2, 0.25) is 0 Å². The monoisotopic (exact) mass is 328 g/mol. The molecular formula is C20H28N2O2. The highest BCUT2D eigenvalue weighted by Gasteiger charge is 2.12. The number of Topliss-reactive ketones (excluding diaryl/α,β-unsaturated/α-hetero) is 1. The largest absolute Gasteiger partial charge is 0.491 e. The summed E-state index contributed by atoms with van der Waals surface area (Å²) in [5.41, 5.74) is 2.80. The van der Waals surface area contributed by atoms with E-state index < -0.39 is 0 Å². The van der Waals surface area contributed by atoms with Gasteiger partial charge in [0.25, 0.3) is 0 Å². The van der Waals surface area contributed by atoms with Crippen molar-refractivity contribution < 1.29 is 9.53 Å². The summed E-state index contributed by atoms with van der Waals surface area (Å²) in [6, 6.07) is 7.65. The number of nitrogens with zero attached hydrogens (tertiary/aromatic N) is 1. The van der Waals surface area contributed by atoms with Gasteiger partial charge in [-0.25, -0.2) is 0 Å². The van der Waals surface area contributed by atoms with Crippen LogP contribution >= 0.6 is 0 Å². The first-order valence-corrected chi connectivity index (χ1v) is 8.18. The molecule has 0 heterocycles. The molecule has 1 N–H and O–H groups in total. The second-order valence-electron chi connectivity index (χ2n) is 5.97. The molecule has 0 aliphatic rings. The van der Waals surface area contributed by atoms with Gasteiger partial charge < -0.3 is 10.1 Å². The first-order chi connectivity index (χ1) is 11.4. The van der Waals surface area contributed by atoms with Gasteiger partial charge in [0, 0.05) is 11.9 Å². The molecule has 0 aliphatic heterocycles. The van der Waals surface area contributed by atoms with Crippen LogP contribution in [-0.4, -0.2) is 30.7 Å². The minimum Gasteiger partial charge on any atom is -0.491 e. The van der Waals surface area contributed by atoms with Crippen LogP contribution in [0.15, 0.2) is 53.7 Å². The van der Waals surface area contributed by atoms with Crippen molar-refractivity contribution in [1.29, 1.82) is 0 Å². The van der Waals surface area contributed by atoms with E-state index in [0.29, 0.717) is 6.42 Å². The third kappa shape index (κ3) is 6.50. The molecule has 1 rings (SSSR count). The number of hydrogen-bond donors (Lipinski definition) is 1. The normalized spacial score (nSPS) is 13.8. The lowest BCUT2D eigenvalue weighted by Crippen LogP contribution is -2.32. The lowest BCUT2D eigenvalue weighted by Gasteiger charge is -2.12. The summed E-state index contributed by atoms with van der Waals surface area (Å²) in [6.45, 7) is 11.3. The maximum absolute atomic E-state index is 11.5. The molecule has 0 aromatic heterocycles. The van der Waals surface area contributed by atoms with Crippen molar-refractivity contribution in [1.82, 2.24) is 5.32 Å². The summed E-state index contributed by atoms with van der Waals surface area (Å²) in [7, 11) is 1.78. The van der Waals surface area contributed by atoms with E-state index in [-0.39, 0.29) is 17.9 Å². The average Bonchev–Trinajstić information content (AvgIpc) is 2.54. The van der Waals surface area contributed by atoms with E-state index in [4.69, 9.17) is 4.74 Å². The molecule has 0 unspecified atom stereocenters. The summed E-state index contributed by atoms with van der Waals surface area (Å²) < 4.78 is 5.71. The van der Waals surface area contributed by atoms with Crippen molar-refractivity contribution >= 4 is 11.5 Å². The van der Waals surface area contributed by atoms with Gasteiger partial charge in [0.15, 0.2) is 0 Å². The van der Waals surface area contributed by atoms with E-state index in [2.05, 4.69) is 16.9 Å². The second kappa shape index (κ2) is 9.83. The molecule has 1 aromatic carbocycles. The maximum atomic E-state index is 11.5. The topological polar surface area (TPSA) is 50.7 Å². The highest BCUT2D eigenvalue weighted by Crippen LogP contribution is 2.16. The molecule has 4 heteroatoms. The predicted molar refractivity (Wildman–Crippen MR) is 101 cm³/mol. The van der Waals surface area contributed by atoms with Crippen LogP contribution in [0, 0.1) is 0 Å².